The van der Waals surface area contributed by atoms with E-state index in [1.165, 1.54) is 4.90 Å². The highest BCUT2D eigenvalue weighted by Gasteiger charge is 2.78. The zero-order chi connectivity index (χ0) is 22.2. The van der Waals surface area contributed by atoms with Crippen molar-refractivity contribution in [1.82, 2.24) is 20.4 Å². The van der Waals surface area contributed by atoms with Crippen molar-refractivity contribution in [3.63, 3.8) is 0 Å². The van der Waals surface area contributed by atoms with Crippen LogP contribution in [0.3, 0.4) is 0 Å². The summed E-state index contributed by atoms with van der Waals surface area (Å²) in [5.74, 6) is -2.11. The summed E-state index contributed by atoms with van der Waals surface area (Å²) in [7, 11) is 1.56. The van der Waals surface area contributed by atoms with Crippen LogP contribution in [-0.2, 0) is 23.9 Å². The van der Waals surface area contributed by atoms with Gasteiger partial charge in [-0.1, -0.05) is 6.92 Å². The number of nitrogens with one attached hydrogen (secondary N) is 2. The van der Waals surface area contributed by atoms with E-state index in [0.29, 0.717) is 45.6 Å². The van der Waals surface area contributed by atoms with Crippen LogP contribution in [0.1, 0.15) is 26.2 Å². The van der Waals surface area contributed by atoms with Crippen LogP contribution in [0.4, 0.5) is 0 Å². The summed E-state index contributed by atoms with van der Waals surface area (Å²) >= 11 is 0. The minimum Gasteiger partial charge on any atom is -0.395 e. The zero-order valence-electron chi connectivity index (χ0n) is 18.4. The van der Waals surface area contributed by atoms with E-state index in [4.69, 9.17) is 9.47 Å². The van der Waals surface area contributed by atoms with Crippen LogP contribution in [0, 0.1) is 11.8 Å². The van der Waals surface area contributed by atoms with Crippen LogP contribution in [0.25, 0.3) is 0 Å². The van der Waals surface area contributed by atoms with Gasteiger partial charge in [-0.3, -0.25) is 19.3 Å². The Bertz CT molecular complexity index is 729. The molecule has 10 nitrogen and oxygen atoms in total. The highest BCUT2D eigenvalue weighted by molar-refractivity contribution is 5.99. The van der Waals surface area contributed by atoms with E-state index < -0.39 is 29.1 Å². The van der Waals surface area contributed by atoms with E-state index >= 15 is 0 Å². The van der Waals surface area contributed by atoms with Crippen molar-refractivity contribution in [2.45, 2.75) is 43.4 Å². The van der Waals surface area contributed by atoms with Crippen molar-refractivity contribution in [1.29, 1.82) is 0 Å². The van der Waals surface area contributed by atoms with E-state index in [1.807, 2.05) is 6.92 Å². The molecular formula is C21H34N4O6. The molecule has 0 radical (unpaired) electrons. The maximum Gasteiger partial charge on any atom is 0.245 e. The number of rotatable bonds is 8. The molecule has 31 heavy (non-hydrogen) atoms. The van der Waals surface area contributed by atoms with Gasteiger partial charge in [-0.2, -0.15) is 0 Å². The number of ether oxygens (including phenoxy) is 2. The molecule has 2 unspecified atom stereocenters. The number of aliphatic hydroxyl groups excluding tert-OH is 1. The molecule has 1 spiro atoms. The predicted molar refractivity (Wildman–Crippen MR) is 110 cm³/mol. The molecule has 174 valence electrons. The molecule has 10 heteroatoms. The molecule has 4 rings (SSSR count). The topological polar surface area (TPSA) is 120 Å². The van der Waals surface area contributed by atoms with Gasteiger partial charge >= 0.3 is 0 Å². The van der Waals surface area contributed by atoms with E-state index in [-0.39, 0.29) is 30.9 Å². The molecule has 0 aromatic heterocycles. The van der Waals surface area contributed by atoms with Crippen molar-refractivity contribution >= 4 is 17.7 Å². The number of β-amino-alcohol motifs (C(OH)–C–C–N with tert-alkyl or cyclic N) is 1. The molecule has 0 aromatic carbocycles. The fourth-order valence-electron chi connectivity index (χ4n) is 6.18. The van der Waals surface area contributed by atoms with Crippen LogP contribution < -0.4 is 10.6 Å². The third kappa shape index (κ3) is 3.44. The van der Waals surface area contributed by atoms with E-state index in [1.54, 1.807) is 7.05 Å². The SMILES string of the molecule is CC[C@]12CCC3(O1)C(C(=O)NCCN1CCOCC1)N(CCO)C(=O)[C@@H]3[C@H]2C(=O)NC. The maximum atomic E-state index is 13.4. The molecule has 4 saturated heterocycles. The van der Waals surface area contributed by atoms with Crippen LogP contribution in [-0.4, -0.2) is 109 Å². The Morgan fingerprint density at radius 1 is 1.19 bits per heavy atom. The standard InChI is InChI=1S/C21H34N4O6/c1-3-20-4-5-21(31-20)15(14(20)17(27)22-2)19(29)25(8-11-26)16(21)18(28)23-6-7-24-9-12-30-13-10-24/h14-16,26H,3-13H2,1-2H3,(H,22,27)(H,23,28)/t14-,15-,16?,20+,21?/m0/s1. The van der Waals surface area contributed by atoms with E-state index in [2.05, 4.69) is 15.5 Å². The predicted octanol–water partition coefficient (Wildman–Crippen LogP) is -1.67. The fraction of sp³-hybridized carbons (Fsp3) is 0.857. The number of fused-ring (bicyclic) bond motifs is 1. The van der Waals surface area contributed by atoms with E-state index in [0.717, 1.165) is 13.1 Å². The van der Waals surface area contributed by atoms with Crippen molar-refractivity contribution in [3.05, 3.63) is 0 Å². The number of likely N-dealkylation sites (tertiary alicyclic amines) is 1. The second kappa shape index (κ2) is 8.65. The number of carbonyl (C=O) groups is 3. The minimum absolute atomic E-state index is 0.0432. The van der Waals surface area contributed by atoms with Crippen LogP contribution in [0.15, 0.2) is 0 Å². The van der Waals surface area contributed by atoms with Gasteiger partial charge in [0, 0.05) is 39.8 Å². The van der Waals surface area contributed by atoms with Gasteiger partial charge in [0.05, 0.1) is 37.3 Å². The van der Waals surface area contributed by atoms with Crippen molar-refractivity contribution in [3.8, 4) is 0 Å². The summed E-state index contributed by atoms with van der Waals surface area (Å²) < 4.78 is 11.9. The lowest BCUT2D eigenvalue weighted by molar-refractivity contribution is -0.148. The van der Waals surface area contributed by atoms with Gasteiger partial charge in [-0.15, -0.1) is 0 Å². The average Bonchev–Trinajstić information content (AvgIpc) is 3.38. The molecule has 0 aliphatic carbocycles. The van der Waals surface area contributed by atoms with Crippen LogP contribution in [0.2, 0.25) is 0 Å². The molecular weight excluding hydrogens is 404 g/mol. The number of carbonyl (C=O) groups excluding carboxylic acids is 3. The normalized spacial score (nSPS) is 37.2. The lowest BCUT2D eigenvalue weighted by atomic mass is 9.65. The Balaban J connectivity index is 1.56. The number of morpholine rings is 1. The van der Waals surface area contributed by atoms with E-state index in [9.17, 15) is 19.5 Å². The van der Waals surface area contributed by atoms with Crippen molar-refractivity contribution in [2.24, 2.45) is 11.8 Å². The Morgan fingerprint density at radius 3 is 2.58 bits per heavy atom. The second-order valence-electron chi connectivity index (χ2n) is 8.95. The molecule has 4 aliphatic heterocycles. The number of hydrogen-bond donors (Lipinski definition) is 3. The molecule has 3 amide bonds. The first-order valence-electron chi connectivity index (χ1n) is 11.3. The zero-order valence-corrected chi connectivity index (χ0v) is 18.4. The van der Waals surface area contributed by atoms with Crippen LogP contribution >= 0.6 is 0 Å². The molecule has 4 aliphatic rings. The Morgan fingerprint density at radius 2 is 1.94 bits per heavy atom. The first-order valence-corrected chi connectivity index (χ1v) is 11.3. The monoisotopic (exact) mass is 438 g/mol. The number of amides is 3. The lowest BCUT2D eigenvalue weighted by Crippen LogP contribution is -2.56. The highest BCUT2D eigenvalue weighted by atomic mass is 16.5. The van der Waals surface area contributed by atoms with Crippen LogP contribution in [0.5, 0.6) is 0 Å². The van der Waals surface area contributed by atoms with Gasteiger partial charge in [0.15, 0.2) is 0 Å². The maximum absolute atomic E-state index is 13.4. The summed E-state index contributed by atoms with van der Waals surface area (Å²) in [5.41, 5.74) is -1.75. The fourth-order valence-corrected chi connectivity index (χ4v) is 6.18. The van der Waals surface area contributed by atoms with Crippen molar-refractivity contribution in [2.75, 3.05) is 59.6 Å². The van der Waals surface area contributed by atoms with Gasteiger partial charge in [0.25, 0.3) is 0 Å². The van der Waals surface area contributed by atoms with Gasteiger partial charge in [0.2, 0.25) is 17.7 Å². The Labute approximate surface area is 182 Å². The molecule has 5 atom stereocenters. The summed E-state index contributed by atoms with van der Waals surface area (Å²) in [4.78, 5) is 43.3. The van der Waals surface area contributed by atoms with Gasteiger partial charge < -0.3 is 30.1 Å². The summed E-state index contributed by atoms with van der Waals surface area (Å²) in [6, 6.07) is -0.843. The molecule has 0 aromatic rings. The molecule has 4 heterocycles. The molecule has 2 bridgehead atoms. The second-order valence-corrected chi connectivity index (χ2v) is 8.95. The summed E-state index contributed by atoms with van der Waals surface area (Å²) in [6.45, 7) is 5.94. The largest absolute Gasteiger partial charge is 0.395 e. The molecule has 4 fully saturated rings. The Kier molecular flexibility index (Phi) is 6.26. The number of hydrogen-bond acceptors (Lipinski definition) is 7. The van der Waals surface area contributed by atoms with Gasteiger partial charge in [0.1, 0.15) is 11.6 Å². The first kappa shape index (κ1) is 22.4. The molecule has 3 N–H and O–H groups in total. The lowest BCUT2D eigenvalue weighted by Gasteiger charge is -2.33. The number of nitrogens with zero attached hydrogens (tertiary/aromatic N) is 2. The number of aliphatic hydroxyl groups is 1. The van der Waals surface area contributed by atoms with Gasteiger partial charge in [-0.05, 0) is 19.3 Å². The third-order valence-electron chi connectivity index (χ3n) is 7.63. The Hall–Kier alpha value is -1.75. The average molecular weight is 439 g/mol. The highest BCUT2D eigenvalue weighted by Crippen LogP contribution is 2.64. The van der Waals surface area contributed by atoms with Gasteiger partial charge in [-0.25, -0.2) is 0 Å². The third-order valence-corrected chi connectivity index (χ3v) is 7.63. The molecule has 0 saturated carbocycles. The minimum atomic E-state index is -1.03. The summed E-state index contributed by atoms with van der Waals surface area (Å²) in [6.07, 6.45) is 1.78. The smallest absolute Gasteiger partial charge is 0.245 e. The first-order chi connectivity index (χ1) is 14.9. The summed E-state index contributed by atoms with van der Waals surface area (Å²) in [5, 5.41) is 15.2. The quantitative estimate of drug-likeness (QED) is 0.414. The van der Waals surface area contributed by atoms with Crippen molar-refractivity contribution < 1.29 is 29.0 Å².